The molecular formula is C52H60ClF3N6O7S3. The fraction of sp³-hybridized carbons (Fsp3) is 0.462. The first kappa shape index (κ1) is 51.9. The van der Waals surface area contributed by atoms with E-state index >= 15 is 0 Å². The van der Waals surface area contributed by atoms with Crippen LogP contribution < -0.4 is 14.4 Å². The number of piperazine rings is 1. The van der Waals surface area contributed by atoms with E-state index in [9.17, 15) is 39.0 Å². The molecule has 0 atom stereocenters. The Balaban J connectivity index is 0.927. The second-order valence-electron chi connectivity index (χ2n) is 20.4. The summed E-state index contributed by atoms with van der Waals surface area (Å²) in [4.78, 5) is 24.1. The smallest absolute Gasteiger partial charge is 0.455 e. The number of rotatable bonds is 14. The zero-order valence-electron chi connectivity index (χ0n) is 40.3. The molecule has 386 valence electrons. The number of halogens is 4. The predicted molar refractivity (Wildman–Crippen MR) is 275 cm³/mol. The molecule has 5 aromatic rings. The number of sulfone groups is 1. The van der Waals surface area contributed by atoms with E-state index in [4.69, 9.17) is 16.3 Å². The van der Waals surface area contributed by atoms with E-state index < -0.39 is 50.8 Å². The van der Waals surface area contributed by atoms with Gasteiger partial charge in [-0.2, -0.15) is 13.2 Å². The lowest BCUT2D eigenvalue weighted by Crippen LogP contribution is -2.47. The maximum absolute atomic E-state index is 14.2. The lowest BCUT2D eigenvalue weighted by atomic mass is 9.72. The molecule has 3 fully saturated rings. The van der Waals surface area contributed by atoms with Crippen molar-refractivity contribution in [1.29, 1.82) is 0 Å². The number of carbonyl (C=O) groups excluding carboxylic acids is 1. The largest absolute Gasteiger partial charge is 0.501 e. The molecule has 2 aromatic heterocycles. The molecule has 4 heterocycles. The monoisotopic (exact) mass is 1070 g/mol. The number of carbonyl (C=O) groups is 1. The minimum Gasteiger partial charge on any atom is -0.455 e. The number of hydrogen-bond donors (Lipinski definition) is 2. The number of H-pyrrole nitrogens is 1. The van der Waals surface area contributed by atoms with E-state index in [1.54, 1.807) is 30.5 Å². The van der Waals surface area contributed by atoms with Crippen LogP contribution in [0, 0.1) is 11.3 Å². The third-order valence-electron chi connectivity index (χ3n) is 14.7. The molecule has 20 heteroatoms. The Morgan fingerprint density at radius 3 is 2.38 bits per heavy atom. The molecule has 0 radical (unpaired) electrons. The van der Waals surface area contributed by atoms with E-state index in [2.05, 4.69) is 50.1 Å². The van der Waals surface area contributed by atoms with E-state index in [0.717, 1.165) is 63.9 Å². The molecule has 72 heavy (non-hydrogen) atoms. The van der Waals surface area contributed by atoms with Gasteiger partial charge in [-0.15, -0.1) is 0 Å². The number of anilines is 1. The Bertz CT molecular complexity index is 3220. The number of sulfonamides is 1. The van der Waals surface area contributed by atoms with Gasteiger partial charge in [-0.25, -0.2) is 35.1 Å². The summed E-state index contributed by atoms with van der Waals surface area (Å²) in [5, 5.41) is 1.41. The molecule has 0 bridgehead atoms. The van der Waals surface area contributed by atoms with Crippen molar-refractivity contribution in [3.63, 3.8) is 0 Å². The first-order valence-corrected chi connectivity index (χ1v) is 29.8. The van der Waals surface area contributed by atoms with Crippen molar-refractivity contribution in [2.75, 3.05) is 49.1 Å². The fourth-order valence-electron chi connectivity index (χ4n) is 10.5. The maximum atomic E-state index is 14.2. The summed E-state index contributed by atoms with van der Waals surface area (Å²) >= 11 is 6.24. The van der Waals surface area contributed by atoms with Gasteiger partial charge in [0.2, 0.25) is 0 Å². The quantitative estimate of drug-likeness (QED) is 0.109. The molecule has 2 aliphatic heterocycles. The number of hydrogen-bond acceptors (Lipinski definition) is 11. The highest BCUT2D eigenvalue weighted by Gasteiger charge is 2.48. The maximum Gasteiger partial charge on any atom is 0.501 e. The molecule has 0 unspecified atom stereocenters. The fourth-order valence-corrected chi connectivity index (χ4v) is 15.3. The number of nitrogens with one attached hydrogen (secondary N) is 2. The molecule has 2 N–H and O–H groups in total. The molecule has 1 saturated carbocycles. The summed E-state index contributed by atoms with van der Waals surface area (Å²) in [5.41, 5.74) is -0.647. The van der Waals surface area contributed by atoms with Gasteiger partial charge in [0.05, 0.1) is 27.6 Å². The first-order valence-electron chi connectivity index (χ1n) is 24.6. The van der Waals surface area contributed by atoms with Gasteiger partial charge in [0.25, 0.3) is 25.8 Å². The number of alkyl halides is 3. The Kier molecular flexibility index (Phi) is 15.0. The van der Waals surface area contributed by atoms with Crippen molar-refractivity contribution in [2.24, 2.45) is 15.7 Å². The number of nitrogens with zero attached hydrogens (tertiary/aromatic N) is 4. The summed E-state index contributed by atoms with van der Waals surface area (Å²) in [7, 11) is -13.2. The van der Waals surface area contributed by atoms with Gasteiger partial charge in [-0.1, -0.05) is 49.2 Å². The van der Waals surface area contributed by atoms with Crippen LogP contribution in [-0.4, -0.2) is 97.6 Å². The van der Waals surface area contributed by atoms with Gasteiger partial charge in [0.1, 0.15) is 17.1 Å². The van der Waals surface area contributed by atoms with Crippen molar-refractivity contribution < 1.29 is 43.7 Å². The summed E-state index contributed by atoms with van der Waals surface area (Å²) in [5.74, 6) is 0.367. The Labute approximate surface area is 425 Å². The minimum atomic E-state index is -6.02. The molecule has 4 aliphatic rings. The standard InChI is InChI=1S/C52H60ClF3N6O7S3/c1-51(2)21-19-39(46(32-51)36-9-12-40(53)13-10-36)34-61-23-25-62(26-24-61)42-16-18-45(47(30-42)69-43-29-38-20-22-57-49(38)58-33-43)50(63)60-72(67,68)44-17-11-37(48(31-44)71(65,66)52(54,55)56)8-5-35-6-14-41(15-7-35)59-70(64)27-3-4-28-70/h9-13,16-18,20,22,29-31,33,35,41H,3-8,14-15,19,21,23-28,32,34H2,1-2H3,(H,57,58)(H,60,63). The van der Waals surface area contributed by atoms with Crippen LogP contribution >= 0.6 is 11.6 Å². The molecule has 2 saturated heterocycles. The lowest BCUT2D eigenvalue weighted by molar-refractivity contribution is -0.0436. The van der Waals surface area contributed by atoms with Crippen LogP contribution in [-0.2, 0) is 36.0 Å². The second kappa shape index (κ2) is 20.8. The molecule has 0 spiro atoms. The van der Waals surface area contributed by atoms with Crippen LogP contribution in [0.5, 0.6) is 11.5 Å². The zero-order chi connectivity index (χ0) is 51.1. The topological polar surface area (TPSA) is 171 Å². The van der Waals surface area contributed by atoms with Gasteiger partial charge in [0.15, 0.2) is 0 Å². The molecule has 2 aliphatic carbocycles. The highest BCUT2D eigenvalue weighted by Crippen LogP contribution is 2.44. The molecule has 1 amide bonds. The van der Waals surface area contributed by atoms with Crippen molar-refractivity contribution >= 4 is 69.4 Å². The SMILES string of the molecule is CC1(C)CCC(CN2CCN(c3ccc(C(=O)NS(=O)(=O)c4ccc(CCC5CCC(N=S6(=O)CCCC6)CC5)c(S(=O)(=O)C(F)(F)F)c4)c(Oc4cnc5[nH]ccc5c4)c3)CC2)=C(c2ccc(Cl)cc2)C1. The number of ether oxygens (including phenoxy) is 1. The van der Waals surface area contributed by atoms with Gasteiger partial charge in [0, 0.05) is 82.3 Å². The normalized spacial score (nSPS) is 20.9. The average molecular weight is 1070 g/mol. The number of allylic oxidation sites excluding steroid dienone is 1. The molecule has 9 rings (SSSR count). The molecular weight excluding hydrogens is 1010 g/mol. The number of fused-ring (bicyclic) bond motifs is 1. The van der Waals surface area contributed by atoms with Gasteiger partial charge >= 0.3 is 5.51 Å². The Morgan fingerprint density at radius 1 is 0.944 bits per heavy atom. The Morgan fingerprint density at radius 2 is 1.67 bits per heavy atom. The van der Waals surface area contributed by atoms with E-state index in [-0.39, 0.29) is 46.4 Å². The second-order valence-corrected chi connectivity index (χ2v) is 27.0. The summed E-state index contributed by atoms with van der Waals surface area (Å²) in [6.45, 7) is 8.22. The van der Waals surface area contributed by atoms with Crippen LogP contribution in [0.25, 0.3) is 16.6 Å². The van der Waals surface area contributed by atoms with Crippen LogP contribution in [0.4, 0.5) is 18.9 Å². The van der Waals surface area contributed by atoms with Crippen LogP contribution in [0.3, 0.4) is 0 Å². The Hall–Kier alpha value is -4.95. The van der Waals surface area contributed by atoms with E-state index in [1.807, 2.05) is 16.9 Å². The predicted octanol–water partition coefficient (Wildman–Crippen LogP) is 11.0. The van der Waals surface area contributed by atoms with Crippen molar-refractivity contribution in [3.8, 4) is 11.5 Å². The molecule has 3 aromatic carbocycles. The third kappa shape index (κ3) is 11.9. The summed E-state index contributed by atoms with van der Waals surface area (Å²) in [6, 6.07) is 18.8. The minimum absolute atomic E-state index is 0.00685. The van der Waals surface area contributed by atoms with Gasteiger partial charge < -0.3 is 14.6 Å². The van der Waals surface area contributed by atoms with Crippen molar-refractivity contribution in [2.45, 2.75) is 106 Å². The number of aromatic nitrogens is 2. The van der Waals surface area contributed by atoms with Crippen LogP contribution in [0.1, 0.15) is 99.5 Å². The summed E-state index contributed by atoms with van der Waals surface area (Å²) in [6.07, 6.45) is 11.1. The first-order chi connectivity index (χ1) is 34.1. The number of amides is 1. The van der Waals surface area contributed by atoms with Gasteiger partial charge in [-0.3, -0.25) is 9.69 Å². The van der Waals surface area contributed by atoms with Crippen LogP contribution in [0.2, 0.25) is 5.02 Å². The van der Waals surface area contributed by atoms with Crippen molar-refractivity contribution in [3.05, 3.63) is 112 Å². The lowest BCUT2D eigenvalue weighted by Gasteiger charge is -2.39. The number of benzene rings is 3. The highest BCUT2D eigenvalue weighted by atomic mass is 35.5. The average Bonchev–Trinajstić information content (AvgIpc) is 4.00. The van der Waals surface area contributed by atoms with Crippen LogP contribution in [0.15, 0.2) is 105 Å². The molecule has 13 nitrogen and oxygen atoms in total. The van der Waals surface area contributed by atoms with Crippen molar-refractivity contribution in [1.82, 2.24) is 19.6 Å². The van der Waals surface area contributed by atoms with E-state index in [0.29, 0.717) is 84.5 Å². The zero-order valence-corrected chi connectivity index (χ0v) is 43.6. The van der Waals surface area contributed by atoms with E-state index in [1.165, 1.54) is 29.0 Å². The number of pyridine rings is 1. The third-order valence-corrected chi connectivity index (χ3v) is 20.4. The highest BCUT2D eigenvalue weighted by molar-refractivity contribution is 7.93. The van der Waals surface area contributed by atoms with Gasteiger partial charge in [-0.05, 0) is 147 Å². The number of aryl methyl sites for hydroxylation is 1. The number of aromatic amines is 1. The summed E-state index contributed by atoms with van der Waals surface area (Å²) < 4.78 is 122.